The van der Waals surface area contributed by atoms with E-state index >= 15 is 0 Å². The molecule has 0 bridgehead atoms. The van der Waals surface area contributed by atoms with Crippen LogP contribution in [0.15, 0.2) is 24.3 Å². The van der Waals surface area contributed by atoms with E-state index in [1.165, 1.54) is 12.0 Å². The molecule has 0 fully saturated rings. The topological polar surface area (TPSA) is 20.2 Å². The predicted molar refractivity (Wildman–Crippen MR) is 60.2 cm³/mol. The number of aliphatic hydroxyl groups excluding tert-OH is 1. The van der Waals surface area contributed by atoms with E-state index < -0.39 is 0 Å². The second-order valence-corrected chi connectivity index (χ2v) is 4.18. The second kappa shape index (κ2) is 5.16. The summed E-state index contributed by atoms with van der Waals surface area (Å²) in [6, 6.07) is 8.31. The van der Waals surface area contributed by atoms with Crippen LogP contribution < -0.4 is 0 Å². The van der Waals surface area contributed by atoms with Gasteiger partial charge in [-0.3, -0.25) is 0 Å². The Bertz CT molecular complexity index is 261. The van der Waals surface area contributed by atoms with Gasteiger partial charge in [0.05, 0.1) is 6.10 Å². The maximum atomic E-state index is 9.82. The molecule has 1 heteroatoms. The lowest BCUT2D eigenvalue weighted by atomic mass is 9.97. The fourth-order valence-corrected chi connectivity index (χ4v) is 1.56. The van der Waals surface area contributed by atoms with Crippen molar-refractivity contribution >= 4 is 0 Å². The molecule has 0 radical (unpaired) electrons. The summed E-state index contributed by atoms with van der Waals surface area (Å²) in [6.07, 6.45) is 1.97. The molecular formula is C13H20O. The summed E-state index contributed by atoms with van der Waals surface area (Å²) in [5, 5.41) is 9.82. The number of rotatable bonds is 4. The third kappa shape index (κ3) is 2.85. The molecule has 1 unspecified atom stereocenters. The highest BCUT2D eigenvalue weighted by Gasteiger charge is 2.10. The molecule has 1 aromatic rings. The van der Waals surface area contributed by atoms with Gasteiger partial charge >= 0.3 is 0 Å². The molecule has 0 heterocycles. The van der Waals surface area contributed by atoms with Crippen molar-refractivity contribution in [3.63, 3.8) is 0 Å². The molecule has 0 amide bonds. The molecule has 0 saturated heterocycles. The fourth-order valence-electron chi connectivity index (χ4n) is 1.56. The summed E-state index contributed by atoms with van der Waals surface area (Å²) in [5.74, 6) is 0.284. The largest absolute Gasteiger partial charge is 0.388 e. The van der Waals surface area contributed by atoms with E-state index in [9.17, 15) is 5.11 Å². The van der Waals surface area contributed by atoms with Crippen LogP contribution in [-0.2, 0) is 6.42 Å². The summed E-state index contributed by atoms with van der Waals surface area (Å²) >= 11 is 0. The van der Waals surface area contributed by atoms with Crippen molar-refractivity contribution < 1.29 is 5.11 Å². The summed E-state index contributed by atoms with van der Waals surface area (Å²) in [5.41, 5.74) is 2.38. The highest BCUT2D eigenvalue weighted by atomic mass is 16.3. The van der Waals surface area contributed by atoms with E-state index in [2.05, 4.69) is 19.1 Å². The van der Waals surface area contributed by atoms with Crippen molar-refractivity contribution in [3.8, 4) is 0 Å². The van der Waals surface area contributed by atoms with Gasteiger partial charge in [0.1, 0.15) is 0 Å². The number of benzene rings is 1. The smallest absolute Gasteiger partial charge is 0.0812 e. The van der Waals surface area contributed by atoms with Crippen molar-refractivity contribution in [2.24, 2.45) is 5.92 Å². The van der Waals surface area contributed by atoms with Crippen LogP contribution in [0.5, 0.6) is 0 Å². The first-order valence-electron chi connectivity index (χ1n) is 5.42. The average Bonchev–Trinajstić information content (AvgIpc) is 2.18. The molecule has 1 nitrogen and oxygen atoms in total. The van der Waals surface area contributed by atoms with E-state index in [-0.39, 0.29) is 12.0 Å². The molecule has 0 saturated carbocycles. The molecule has 14 heavy (non-hydrogen) atoms. The normalized spacial score (nSPS) is 13.2. The van der Waals surface area contributed by atoms with E-state index in [0.717, 1.165) is 12.0 Å². The molecule has 0 aliphatic heterocycles. The van der Waals surface area contributed by atoms with Crippen LogP contribution in [0, 0.1) is 5.92 Å². The van der Waals surface area contributed by atoms with Gasteiger partial charge < -0.3 is 5.11 Å². The van der Waals surface area contributed by atoms with Crippen LogP contribution in [0.2, 0.25) is 0 Å². The summed E-state index contributed by atoms with van der Waals surface area (Å²) in [4.78, 5) is 0. The van der Waals surface area contributed by atoms with E-state index in [0.29, 0.717) is 0 Å². The van der Waals surface area contributed by atoms with Crippen LogP contribution in [0.3, 0.4) is 0 Å². The lowest BCUT2D eigenvalue weighted by Gasteiger charge is -2.14. The Labute approximate surface area is 86.8 Å². The second-order valence-electron chi connectivity index (χ2n) is 4.18. The minimum atomic E-state index is -0.328. The van der Waals surface area contributed by atoms with Crippen LogP contribution >= 0.6 is 0 Å². The van der Waals surface area contributed by atoms with Crippen molar-refractivity contribution in [2.75, 3.05) is 0 Å². The highest BCUT2D eigenvalue weighted by Crippen LogP contribution is 2.21. The van der Waals surface area contributed by atoms with Gasteiger partial charge in [-0.15, -0.1) is 0 Å². The summed E-state index contributed by atoms with van der Waals surface area (Å²) < 4.78 is 0. The maximum Gasteiger partial charge on any atom is 0.0812 e. The zero-order valence-corrected chi connectivity index (χ0v) is 9.33. The van der Waals surface area contributed by atoms with E-state index in [4.69, 9.17) is 0 Å². The minimum absolute atomic E-state index is 0.284. The van der Waals surface area contributed by atoms with E-state index in [1.54, 1.807) is 0 Å². The van der Waals surface area contributed by atoms with Crippen molar-refractivity contribution in [1.29, 1.82) is 0 Å². The first-order valence-corrected chi connectivity index (χ1v) is 5.42. The third-order valence-corrected chi connectivity index (χ3v) is 2.49. The predicted octanol–water partition coefficient (Wildman–Crippen LogP) is 3.33. The Kier molecular flexibility index (Phi) is 4.15. The molecule has 1 atom stereocenters. The van der Waals surface area contributed by atoms with Crippen molar-refractivity contribution in [2.45, 2.75) is 39.7 Å². The Balaban J connectivity index is 2.72. The molecule has 1 N–H and O–H groups in total. The fraction of sp³-hybridized carbons (Fsp3) is 0.538. The number of hydrogen-bond donors (Lipinski definition) is 1. The van der Waals surface area contributed by atoms with Gasteiger partial charge in [-0.05, 0) is 23.5 Å². The number of hydrogen-bond acceptors (Lipinski definition) is 1. The first-order chi connectivity index (χ1) is 6.65. The Morgan fingerprint density at radius 2 is 1.71 bits per heavy atom. The SMILES string of the molecule is CCCc1ccc(C(O)C(C)C)cc1. The zero-order valence-electron chi connectivity index (χ0n) is 9.33. The standard InChI is InChI=1S/C13H20O/c1-4-5-11-6-8-12(9-7-11)13(14)10(2)3/h6-10,13-14H,4-5H2,1-3H3. The molecule has 1 aromatic carbocycles. The van der Waals surface area contributed by atoms with Gasteiger partial charge in [-0.1, -0.05) is 51.5 Å². The van der Waals surface area contributed by atoms with Crippen LogP contribution in [0.1, 0.15) is 44.4 Å². The molecule has 0 aliphatic rings. The van der Waals surface area contributed by atoms with Gasteiger partial charge in [0.15, 0.2) is 0 Å². The lowest BCUT2D eigenvalue weighted by Crippen LogP contribution is -2.05. The monoisotopic (exact) mass is 192 g/mol. The van der Waals surface area contributed by atoms with Crippen LogP contribution in [0.25, 0.3) is 0 Å². The Hall–Kier alpha value is -0.820. The highest BCUT2D eigenvalue weighted by molar-refractivity contribution is 5.24. The molecular weight excluding hydrogens is 172 g/mol. The summed E-state index contributed by atoms with van der Waals surface area (Å²) in [6.45, 7) is 6.24. The van der Waals surface area contributed by atoms with Crippen molar-refractivity contribution in [1.82, 2.24) is 0 Å². The molecule has 1 rings (SSSR count). The summed E-state index contributed by atoms with van der Waals surface area (Å²) in [7, 11) is 0. The van der Waals surface area contributed by atoms with Crippen LogP contribution in [0.4, 0.5) is 0 Å². The molecule has 0 aliphatic carbocycles. The van der Waals surface area contributed by atoms with Crippen molar-refractivity contribution in [3.05, 3.63) is 35.4 Å². The van der Waals surface area contributed by atoms with Gasteiger partial charge in [0.25, 0.3) is 0 Å². The van der Waals surface area contributed by atoms with Gasteiger partial charge in [0.2, 0.25) is 0 Å². The van der Waals surface area contributed by atoms with Crippen LogP contribution in [-0.4, -0.2) is 5.11 Å². The quantitative estimate of drug-likeness (QED) is 0.775. The Morgan fingerprint density at radius 3 is 2.14 bits per heavy atom. The molecule has 78 valence electrons. The zero-order chi connectivity index (χ0) is 10.6. The number of aliphatic hydroxyl groups is 1. The third-order valence-electron chi connectivity index (χ3n) is 2.49. The lowest BCUT2D eigenvalue weighted by molar-refractivity contribution is 0.127. The molecule has 0 aromatic heterocycles. The van der Waals surface area contributed by atoms with E-state index in [1.807, 2.05) is 26.0 Å². The van der Waals surface area contributed by atoms with Gasteiger partial charge in [-0.25, -0.2) is 0 Å². The minimum Gasteiger partial charge on any atom is -0.388 e. The number of aryl methyl sites for hydroxylation is 1. The van der Waals surface area contributed by atoms with Gasteiger partial charge in [-0.2, -0.15) is 0 Å². The molecule has 0 spiro atoms. The maximum absolute atomic E-state index is 9.82. The average molecular weight is 192 g/mol. The Morgan fingerprint density at radius 1 is 1.14 bits per heavy atom. The van der Waals surface area contributed by atoms with Gasteiger partial charge in [0, 0.05) is 0 Å². The first kappa shape index (κ1) is 11.3.